The van der Waals surface area contributed by atoms with Gasteiger partial charge in [0.2, 0.25) is 16.4 Å². The Kier molecular flexibility index (Phi) is 68.3. The van der Waals surface area contributed by atoms with Crippen LogP contribution in [0.1, 0.15) is 51.8 Å². The first-order chi connectivity index (χ1) is 59.4. The molecule has 0 fully saturated rings. The Morgan fingerprint density at radius 3 is 0.651 bits per heavy atom. The van der Waals surface area contributed by atoms with Gasteiger partial charge >= 0.3 is 23.9 Å². The minimum atomic E-state index is -1.27. The Balaban J connectivity index is 0. The van der Waals surface area contributed by atoms with E-state index in [4.69, 9.17) is 418 Å². The smallest absolute Gasteiger partial charge is 0.345 e. The number of nitrogens with zero attached hydrogens (tertiary/aromatic N) is 6. The summed E-state index contributed by atoms with van der Waals surface area (Å²) in [6.07, 6.45) is -44.4. The van der Waals surface area contributed by atoms with Gasteiger partial charge in [0.1, 0.15) is 21.8 Å². The predicted octanol–water partition coefficient (Wildman–Crippen LogP) is -29.7. The van der Waals surface area contributed by atoms with Crippen LogP contribution in [0, 0.1) is 0 Å². The molecular formula is C23H27B88Cl4N6O8-. The number of carbonyl (C=O) groups excluding carboxylic acids is 3. The summed E-state index contributed by atoms with van der Waals surface area (Å²) < 4.78 is 23.8. The Bertz CT molecular complexity index is 3240. The zero-order valence-electron chi connectivity index (χ0n) is 72.5. The highest BCUT2D eigenvalue weighted by Crippen LogP contribution is 2.25. The summed E-state index contributed by atoms with van der Waals surface area (Å²) in [6, 6.07) is 0.114. The van der Waals surface area contributed by atoms with Gasteiger partial charge in [-0.25, -0.2) is 34.3 Å². The highest BCUT2D eigenvalue weighted by Gasteiger charge is 2.61. The van der Waals surface area contributed by atoms with Crippen molar-refractivity contribution >= 4 is 688 Å². The standard InChI is InChI=1S/2C8H9ClN2O3.C7H6Cl2N2O2.B44H3.B44/c1-3-14-7(12)5-4-10-8(9)11-6(5)13-2;1-3-14-7(12)5-4-10-8(13-2)11-6(5)9;1-2-13-6(12)4-3-10-7(9)11-5(4)8;2*1-24(2)35(23)41(36(25(3)4)26(5)6)44(42(37(27(7)8)28(9)10)38(29(11)12)30(13)14)43(39(31(15)16)32(17)18)40(33(19)20)34(21)22/h2*4H,3H2,1-2H3;3H,2H2,1H3;1H3;/q;;;-1;. The highest BCUT2D eigenvalue weighted by atomic mass is 35.5. The third kappa shape index (κ3) is 41.8. The van der Waals surface area contributed by atoms with Crippen molar-refractivity contribution in [1.82, 2.24) is 29.9 Å². The third-order valence-corrected chi connectivity index (χ3v) is 22.5. The molecule has 490 valence electrons. The van der Waals surface area contributed by atoms with Gasteiger partial charge in [-0.1, -0.05) is 30.9 Å². The number of methoxy groups -OCH3 is 2. The first-order valence-corrected chi connectivity index (χ1v) is 41.2. The summed E-state index contributed by atoms with van der Waals surface area (Å²) in [4.78, 5) is 55.8. The lowest BCUT2D eigenvalue weighted by molar-refractivity contribution is 0.0512. The summed E-state index contributed by atoms with van der Waals surface area (Å²) in [5.74, 6) is -1.51. The zero-order chi connectivity index (χ0) is 101. The molecule has 0 bridgehead atoms. The fourth-order valence-electron chi connectivity index (χ4n) is 16.6. The van der Waals surface area contributed by atoms with E-state index in [-0.39, 0.29) is 69.3 Å². The van der Waals surface area contributed by atoms with Crippen LogP contribution in [0.3, 0.4) is 0 Å². The molecule has 3 heterocycles. The van der Waals surface area contributed by atoms with Gasteiger partial charge in [-0.2, -0.15) is 9.97 Å². The molecule has 14 nitrogen and oxygen atoms in total. The molecule has 0 aliphatic carbocycles. The van der Waals surface area contributed by atoms with Gasteiger partial charge in [0, 0.05) is 318 Å². The number of esters is 3. The molecule has 3 aromatic heterocycles. The maximum Gasteiger partial charge on any atom is 0.345 e. The molecule has 0 N–H and O–H groups in total. The van der Waals surface area contributed by atoms with Crippen molar-refractivity contribution in [3.8, 4) is 11.9 Å². The maximum absolute atomic E-state index is 11.3. The monoisotopic (exact) mass is 1620 g/mol. The second-order valence-electron chi connectivity index (χ2n) is 30.5. The first kappa shape index (κ1) is 133. The topological polar surface area (TPSA) is 175 Å². The fraction of sp³-hybridized carbons (Fsp3) is 0.348. The Labute approximate surface area is 870 Å². The summed E-state index contributed by atoms with van der Waals surface area (Å²) >= 11 is 22.3. The van der Waals surface area contributed by atoms with Crippen LogP contribution in [0.4, 0.5) is 0 Å². The quantitative estimate of drug-likeness (QED) is 0.0172. The van der Waals surface area contributed by atoms with Gasteiger partial charge in [0.05, 0.1) is 46.4 Å². The number of aromatic nitrogens is 6. The minimum absolute atomic E-state index is 0.00144. The molecule has 0 amide bonds. The van der Waals surface area contributed by atoms with Gasteiger partial charge in [-0.3, -0.25) is 0 Å². The van der Waals surface area contributed by atoms with Gasteiger partial charge in [-0.15, -0.1) is 6.39 Å². The molecule has 0 spiro atoms. The van der Waals surface area contributed by atoms with Crippen LogP contribution in [0.5, 0.6) is 11.9 Å². The van der Waals surface area contributed by atoms with E-state index >= 15 is 0 Å². The van der Waals surface area contributed by atoms with Gasteiger partial charge in [0.25, 0.3) is 0 Å². The van der Waals surface area contributed by atoms with Crippen molar-refractivity contribution in [2.24, 2.45) is 0 Å². The summed E-state index contributed by atoms with van der Waals surface area (Å²) in [6.45, 7) is 5.95. The molecule has 0 saturated carbocycles. The lowest BCUT2D eigenvalue weighted by Crippen LogP contribution is -2.93. The lowest BCUT2D eigenvalue weighted by atomic mass is 8.26. The van der Waals surface area contributed by atoms with E-state index < -0.39 is 294 Å². The SMILES string of the molecule is CCOC(=O)c1cnc(Cl)nc1Cl.CCOC(=O)c1cnc(Cl)nc1OC.CCOC(=O)c1cnc(OC)nc1Cl.[B]B([B])B(B([B])[B])B(B([B])B([B])[BH3-])B(B(B(B([B])[B])B([B])[B])B(B([B])[B])B([B])[B])B(B(B([B])[B])B([B])[B])B(B([B])[B])B([B])[B].[B]B([B])B([B])B(B(B([B])[B])B([B])[B])B(B(B(B([B])[B])B([B])[B])B(B([B])[B])B([B])[B])B(B(B([B])[B])B([B])[B])B(B([B])[B])B([B])[B]. The van der Waals surface area contributed by atoms with Gasteiger partial charge < -0.3 is 23.7 Å². The van der Waals surface area contributed by atoms with E-state index in [9.17, 15) is 14.4 Å². The number of hydrogen-bond donors (Lipinski definition) is 0. The van der Waals surface area contributed by atoms with E-state index in [1.165, 1.54) is 32.8 Å². The number of ether oxygens (including phenoxy) is 5. The molecule has 0 aromatic carbocycles. The number of halogens is 4. The van der Waals surface area contributed by atoms with Gasteiger partial charge in [0.15, 0.2) is 5.15 Å². The van der Waals surface area contributed by atoms with Crippen molar-refractivity contribution in [1.29, 1.82) is 0 Å². The molecule has 129 heavy (non-hydrogen) atoms. The van der Waals surface area contributed by atoms with Crippen molar-refractivity contribution < 1.29 is 38.1 Å². The van der Waals surface area contributed by atoms with E-state index in [1.54, 1.807) is 20.8 Å². The predicted molar refractivity (Wildman–Crippen MR) is 658 cm³/mol. The minimum Gasteiger partial charge on any atom is -0.480 e. The van der Waals surface area contributed by atoms with E-state index in [0.717, 1.165) is 0 Å². The molecule has 0 aliphatic rings. The van der Waals surface area contributed by atoms with Crippen molar-refractivity contribution in [2.45, 2.75) is 20.8 Å². The average Bonchev–Trinajstić information content (AvgIpc) is 0.744. The number of hydrogen-bond acceptors (Lipinski definition) is 14. The molecule has 0 aliphatic heterocycles. The van der Waals surface area contributed by atoms with Crippen LogP contribution in [0.15, 0.2) is 18.6 Å². The second-order valence-corrected chi connectivity index (χ2v) is 31.9. The number of rotatable bonds is 48. The van der Waals surface area contributed by atoms with Crippen LogP contribution in [0.25, 0.3) is 0 Å². The van der Waals surface area contributed by atoms with E-state index in [0.29, 0.717) is 0 Å². The van der Waals surface area contributed by atoms with Crippen LogP contribution in [-0.4, -0.2) is 706 Å². The lowest BCUT2D eigenvalue weighted by Gasteiger charge is -2.56. The second kappa shape index (κ2) is 66.1. The van der Waals surface area contributed by atoms with Crippen molar-refractivity contribution in [3.05, 3.63) is 56.2 Å². The van der Waals surface area contributed by atoms with Crippen LogP contribution in [-0.2, 0) is 14.2 Å². The normalized spacial score (nSPS) is 9.66. The molecule has 90 radical (unpaired) electrons. The number of carbonyl (C=O) groups is 3. The van der Waals surface area contributed by atoms with E-state index in [2.05, 4.69) is 29.9 Å². The van der Waals surface area contributed by atoms with Crippen LogP contribution >= 0.6 is 46.4 Å². The average molecular weight is 1610 g/mol. The molecule has 0 atom stereocenters. The molecule has 3 rings (SSSR count). The third-order valence-electron chi connectivity index (χ3n) is 21.6. The molecule has 0 unspecified atom stereocenters. The summed E-state index contributed by atoms with van der Waals surface area (Å²) in [5.41, 5.74) is 0.418. The van der Waals surface area contributed by atoms with E-state index in [1.807, 2.05) is 0 Å². The van der Waals surface area contributed by atoms with Crippen LogP contribution < -0.4 is 9.47 Å². The molecular weight excluding hydrogens is 1580 g/mol. The van der Waals surface area contributed by atoms with Crippen LogP contribution in [0.2, 0.25) is 20.9 Å². The molecule has 3 aromatic rings. The summed E-state index contributed by atoms with van der Waals surface area (Å²) in [5, 5.41) is 0.0432. The Hall–Kier alpha value is 2.12. The van der Waals surface area contributed by atoms with Crippen molar-refractivity contribution in [3.63, 3.8) is 0 Å². The Morgan fingerprint density at radius 1 is 0.264 bits per heavy atom. The van der Waals surface area contributed by atoms with Gasteiger partial charge in [-0.05, 0) is 342 Å². The maximum atomic E-state index is 11.3. The molecule has 106 heteroatoms. The largest absolute Gasteiger partial charge is 0.480 e. The Morgan fingerprint density at radius 2 is 0.457 bits per heavy atom. The highest BCUT2D eigenvalue weighted by molar-refractivity contribution is 8.36. The fourth-order valence-corrected chi connectivity index (χ4v) is 17.3. The molecule has 0 saturated heterocycles. The zero-order valence-corrected chi connectivity index (χ0v) is 75.6. The first-order valence-electron chi connectivity index (χ1n) is 39.7. The summed E-state index contributed by atoms with van der Waals surface area (Å²) in [7, 11) is 288. The van der Waals surface area contributed by atoms with Crippen molar-refractivity contribution in [2.75, 3.05) is 34.0 Å².